The van der Waals surface area contributed by atoms with Crippen molar-refractivity contribution in [2.45, 2.75) is 17.6 Å². The molecule has 0 saturated carbocycles. The van der Waals surface area contributed by atoms with Crippen molar-refractivity contribution in [3.8, 4) is 5.75 Å². The van der Waals surface area contributed by atoms with Gasteiger partial charge in [-0.2, -0.15) is 4.98 Å². The van der Waals surface area contributed by atoms with Crippen LogP contribution < -0.4 is 15.4 Å². The summed E-state index contributed by atoms with van der Waals surface area (Å²) in [5.41, 5.74) is 0.804. The average molecular weight is 493 g/mol. The SMILES string of the molecule is Cc1cc(Cl)ccc1OCC(=O)NCCNC(=O)c1nc(CS(=O)(=O)c2ccccc2)no1. The van der Waals surface area contributed by atoms with E-state index in [0.29, 0.717) is 10.8 Å². The highest BCUT2D eigenvalue weighted by molar-refractivity contribution is 7.90. The Morgan fingerprint density at radius 3 is 2.55 bits per heavy atom. The molecule has 2 N–H and O–H groups in total. The van der Waals surface area contributed by atoms with Crippen LogP contribution in [-0.4, -0.2) is 50.1 Å². The van der Waals surface area contributed by atoms with Crippen molar-refractivity contribution in [2.75, 3.05) is 19.7 Å². The monoisotopic (exact) mass is 492 g/mol. The molecule has 0 aliphatic rings. The van der Waals surface area contributed by atoms with Crippen LogP contribution in [0.25, 0.3) is 0 Å². The fraction of sp³-hybridized carbons (Fsp3) is 0.238. The van der Waals surface area contributed by atoms with Gasteiger partial charge in [0.25, 0.3) is 5.91 Å². The summed E-state index contributed by atoms with van der Waals surface area (Å²) in [7, 11) is -3.67. The van der Waals surface area contributed by atoms with Gasteiger partial charge < -0.3 is 19.9 Å². The van der Waals surface area contributed by atoms with Crippen LogP contribution in [0.3, 0.4) is 0 Å². The number of aryl methyl sites for hydroxylation is 1. The molecule has 0 bridgehead atoms. The number of benzene rings is 2. The number of nitrogens with one attached hydrogen (secondary N) is 2. The van der Waals surface area contributed by atoms with Crippen LogP contribution in [-0.2, 0) is 20.4 Å². The van der Waals surface area contributed by atoms with Crippen molar-refractivity contribution < 1.29 is 27.3 Å². The fourth-order valence-corrected chi connectivity index (χ4v) is 4.13. The van der Waals surface area contributed by atoms with E-state index in [4.69, 9.17) is 20.9 Å². The Balaban J connectivity index is 1.40. The van der Waals surface area contributed by atoms with Crippen molar-refractivity contribution in [3.63, 3.8) is 0 Å². The largest absolute Gasteiger partial charge is 0.484 e. The molecule has 0 aliphatic heterocycles. The van der Waals surface area contributed by atoms with Gasteiger partial charge in [-0.3, -0.25) is 9.59 Å². The van der Waals surface area contributed by atoms with E-state index in [1.807, 2.05) is 6.92 Å². The van der Waals surface area contributed by atoms with E-state index < -0.39 is 21.5 Å². The molecule has 0 aliphatic carbocycles. The third-order valence-electron chi connectivity index (χ3n) is 4.31. The minimum Gasteiger partial charge on any atom is -0.484 e. The fourth-order valence-electron chi connectivity index (χ4n) is 2.71. The normalized spacial score (nSPS) is 11.1. The molecule has 0 fully saturated rings. The molecular weight excluding hydrogens is 472 g/mol. The molecule has 0 spiro atoms. The van der Waals surface area contributed by atoms with Gasteiger partial charge in [0.15, 0.2) is 22.3 Å². The zero-order chi connectivity index (χ0) is 23.8. The highest BCUT2D eigenvalue weighted by Crippen LogP contribution is 2.21. The number of hydrogen-bond donors (Lipinski definition) is 2. The maximum absolute atomic E-state index is 12.4. The summed E-state index contributed by atoms with van der Waals surface area (Å²) in [6.07, 6.45) is 0. The quantitative estimate of drug-likeness (QED) is 0.409. The van der Waals surface area contributed by atoms with Crippen LogP contribution >= 0.6 is 11.6 Å². The third kappa shape index (κ3) is 7.02. The highest BCUT2D eigenvalue weighted by Gasteiger charge is 2.21. The molecule has 10 nitrogen and oxygen atoms in total. The van der Waals surface area contributed by atoms with E-state index in [-0.39, 0.29) is 42.2 Å². The van der Waals surface area contributed by atoms with Crippen LogP contribution in [0.5, 0.6) is 5.75 Å². The van der Waals surface area contributed by atoms with Crippen LogP contribution in [0.15, 0.2) is 57.9 Å². The lowest BCUT2D eigenvalue weighted by molar-refractivity contribution is -0.123. The maximum atomic E-state index is 12.4. The van der Waals surface area contributed by atoms with Crippen molar-refractivity contribution >= 4 is 33.3 Å². The topological polar surface area (TPSA) is 140 Å². The summed E-state index contributed by atoms with van der Waals surface area (Å²) in [5, 5.41) is 9.22. The predicted molar refractivity (Wildman–Crippen MR) is 119 cm³/mol. The molecule has 3 aromatic rings. The Bertz CT molecular complexity index is 1230. The summed E-state index contributed by atoms with van der Waals surface area (Å²) in [4.78, 5) is 27.9. The number of carbonyl (C=O) groups is 2. The molecule has 1 heterocycles. The number of rotatable bonds is 10. The maximum Gasteiger partial charge on any atom is 0.315 e. The molecule has 0 radical (unpaired) electrons. The van der Waals surface area contributed by atoms with Gasteiger partial charge in [0, 0.05) is 18.1 Å². The Hall–Kier alpha value is -3.44. The van der Waals surface area contributed by atoms with Crippen molar-refractivity contribution in [3.05, 3.63) is 70.8 Å². The first-order valence-corrected chi connectivity index (χ1v) is 11.8. The second-order valence-electron chi connectivity index (χ2n) is 6.89. The zero-order valence-electron chi connectivity index (χ0n) is 17.6. The number of aromatic nitrogens is 2. The summed E-state index contributed by atoms with van der Waals surface area (Å²) < 4.78 is 35.0. The molecule has 0 saturated heterocycles. The van der Waals surface area contributed by atoms with Gasteiger partial charge in [-0.15, -0.1) is 0 Å². The van der Waals surface area contributed by atoms with Crippen molar-refractivity contribution in [2.24, 2.45) is 0 Å². The summed E-state index contributed by atoms with van der Waals surface area (Å²) >= 11 is 5.88. The summed E-state index contributed by atoms with van der Waals surface area (Å²) in [6.45, 7) is 1.84. The molecule has 2 amide bonds. The lowest BCUT2D eigenvalue weighted by Crippen LogP contribution is -2.36. The third-order valence-corrected chi connectivity index (χ3v) is 6.18. The Morgan fingerprint density at radius 1 is 1.09 bits per heavy atom. The second kappa shape index (κ2) is 10.9. The summed E-state index contributed by atoms with van der Waals surface area (Å²) in [5.74, 6) is -1.52. The molecule has 33 heavy (non-hydrogen) atoms. The van der Waals surface area contributed by atoms with E-state index >= 15 is 0 Å². The van der Waals surface area contributed by atoms with E-state index in [1.165, 1.54) is 12.1 Å². The van der Waals surface area contributed by atoms with E-state index in [1.54, 1.807) is 36.4 Å². The van der Waals surface area contributed by atoms with Gasteiger partial charge in [-0.1, -0.05) is 35.0 Å². The molecule has 12 heteroatoms. The van der Waals surface area contributed by atoms with Gasteiger partial charge in [-0.05, 0) is 42.8 Å². The first kappa shape index (κ1) is 24.2. The molecular formula is C21H21ClN4O6S. The van der Waals surface area contributed by atoms with Gasteiger partial charge in [0.1, 0.15) is 11.5 Å². The van der Waals surface area contributed by atoms with E-state index in [0.717, 1.165) is 5.56 Å². The number of nitrogens with zero attached hydrogens (tertiary/aromatic N) is 2. The van der Waals surface area contributed by atoms with Crippen LogP contribution in [0.2, 0.25) is 5.02 Å². The molecule has 174 valence electrons. The van der Waals surface area contributed by atoms with Gasteiger partial charge in [0.05, 0.1) is 4.90 Å². The second-order valence-corrected chi connectivity index (χ2v) is 9.32. The molecule has 0 unspecified atom stereocenters. The first-order chi connectivity index (χ1) is 15.7. The van der Waals surface area contributed by atoms with E-state index in [2.05, 4.69) is 20.8 Å². The number of sulfone groups is 1. The van der Waals surface area contributed by atoms with E-state index in [9.17, 15) is 18.0 Å². The molecule has 1 aromatic heterocycles. The minimum absolute atomic E-state index is 0.0879. The van der Waals surface area contributed by atoms with Crippen LogP contribution in [0, 0.1) is 6.92 Å². The first-order valence-electron chi connectivity index (χ1n) is 9.79. The molecule has 3 rings (SSSR count). The minimum atomic E-state index is -3.67. The lowest BCUT2D eigenvalue weighted by Gasteiger charge is -2.10. The van der Waals surface area contributed by atoms with Gasteiger partial charge in [-0.25, -0.2) is 8.42 Å². The van der Waals surface area contributed by atoms with Crippen LogP contribution in [0.1, 0.15) is 22.1 Å². The number of ether oxygens (including phenoxy) is 1. The molecule has 0 atom stereocenters. The van der Waals surface area contributed by atoms with Gasteiger partial charge >= 0.3 is 11.8 Å². The Kier molecular flexibility index (Phi) is 8.01. The number of carbonyl (C=O) groups excluding carboxylic acids is 2. The van der Waals surface area contributed by atoms with Crippen molar-refractivity contribution in [1.29, 1.82) is 0 Å². The highest BCUT2D eigenvalue weighted by atomic mass is 35.5. The molecule has 2 aromatic carbocycles. The van der Waals surface area contributed by atoms with Crippen LogP contribution in [0.4, 0.5) is 0 Å². The average Bonchev–Trinajstić information content (AvgIpc) is 3.24. The number of halogens is 1. The predicted octanol–water partition coefficient (Wildman–Crippen LogP) is 1.93. The Labute approximate surface area is 195 Å². The standard InChI is InChI=1S/C21H21ClN4O6S/c1-14-11-15(22)7-8-17(14)31-12-19(27)23-9-10-24-20(28)21-25-18(26-32-21)13-33(29,30)16-5-3-2-4-6-16/h2-8,11H,9-10,12-13H2,1H3,(H,23,27)(H,24,28). The Morgan fingerprint density at radius 2 is 1.82 bits per heavy atom. The number of amides is 2. The number of hydrogen-bond acceptors (Lipinski definition) is 8. The lowest BCUT2D eigenvalue weighted by atomic mass is 10.2. The smallest absolute Gasteiger partial charge is 0.315 e. The zero-order valence-corrected chi connectivity index (χ0v) is 19.1. The summed E-state index contributed by atoms with van der Waals surface area (Å²) in [6, 6.07) is 12.9. The van der Waals surface area contributed by atoms with Gasteiger partial charge in [0.2, 0.25) is 0 Å². The van der Waals surface area contributed by atoms with Crippen molar-refractivity contribution in [1.82, 2.24) is 20.8 Å².